The molecule has 4 heteroatoms. The molecule has 0 aliphatic rings. The molecule has 1 N–H and O–H groups in total. The summed E-state index contributed by atoms with van der Waals surface area (Å²) in [6.45, 7) is 6.82. The van der Waals surface area contributed by atoms with E-state index in [-0.39, 0.29) is 11.9 Å². The van der Waals surface area contributed by atoms with E-state index in [1.165, 1.54) is 5.56 Å². The zero-order valence-corrected chi connectivity index (χ0v) is 12.5. The van der Waals surface area contributed by atoms with Crippen LogP contribution in [-0.4, -0.2) is 36.3 Å². The Morgan fingerprint density at radius 1 is 1.26 bits per heavy atom. The Morgan fingerprint density at radius 3 is 2.42 bits per heavy atom. The van der Waals surface area contributed by atoms with Crippen molar-refractivity contribution in [2.24, 2.45) is 0 Å². The second-order valence-corrected chi connectivity index (χ2v) is 4.77. The van der Waals surface area contributed by atoms with Crippen molar-refractivity contribution in [2.75, 3.05) is 25.5 Å². The van der Waals surface area contributed by atoms with Crippen molar-refractivity contribution < 1.29 is 4.79 Å². The van der Waals surface area contributed by atoms with Crippen LogP contribution in [0.3, 0.4) is 0 Å². The van der Waals surface area contributed by atoms with Crippen molar-refractivity contribution in [2.45, 2.75) is 26.3 Å². The maximum absolute atomic E-state index is 11.6. The van der Waals surface area contributed by atoms with Gasteiger partial charge in [-0.05, 0) is 18.7 Å². The molecule has 0 aromatic heterocycles. The Labute approximate surface area is 120 Å². The Balaban J connectivity index is 2.73. The fourth-order valence-electron chi connectivity index (χ4n) is 2.18. The van der Waals surface area contributed by atoms with Gasteiger partial charge in [0.25, 0.3) is 0 Å². The summed E-state index contributed by atoms with van der Waals surface area (Å²) in [5, 5.41) is 2.97. The number of carbonyl (C=O) groups is 1. The van der Waals surface area contributed by atoms with Gasteiger partial charge in [-0.1, -0.05) is 44.2 Å². The minimum absolute atomic E-state index is 0.0167. The maximum atomic E-state index is 11.6. The van der Waals surface area contributed by atoms with Crippen LogP contribution in [-0.2, 0) is 4.79 Å². The Hall–Kier alpha value is -1.06. The quantitative estimate of drug-likeness (QED) is 0.744. The summed E-state index contributed by atoms with van der Waals surface area (Å²) < 4.78 is 0. The molecule has 0 aliphatic heterocycles. The molecular weight excluding hydrogens is 260 g/mol. The smallest absolute Gasteiger partial charge is 0.221 e. The fraction of sp³-hybridized carbons (Fsp3) is 0.533. The van der Waals surface area contributed by atoms with E-state index < -0.39 is 0 Å². The molecule has 1 aromatic carbocycles. The second kappa shape index (κ2) is 8.94. The van der Waals surface area contributed by atoms with Crippen molar-refractivity contribution in [3.05, 3.63) is 35.9 Å². The average molecular weight is 283 g/mol. The van der Waals surface area contributed by atoms with E-state index in [1.54, 1.807) is 0 Å². The highest BCUT2D eigenvalue weighted by molar-refractivity contribution is 6.18. The molecule has 0 heterocycles. The number of likely N-dealkylation sites (N-methyl/N-ethyl adjacent to an activating group) is 1. The number of hydrogen-bond acceptors (Lipinski definition) is 2. The zero-order valence-electron chi connectivity index (χ0n) is 11.7. The lowest BCUT2D eigenvalue weighted by Crippen LogP contribution is -2.38. The number of amides is 1. The van der Waals surface area contributed by atoms with Crippen LogP contribution in [0.15, 0.2) is 30.3 Å². The van der Waals surface area contributed by atoms with Gasteiger partial charge in [0.15, 0.2) is 0 Å². The summed E-state index contributed by atoms with van der Waals surface area (Å²) in [7, 11) is 0. The van der Waals surface area contributed by atoms with Crippen LogP contribution >= 0.6 is 11.6 Å². The molecule has 0 fully saturated rings. The Bertz CT molecular complexity index is 366. The van der Waals surface area contributed by atoms with E-state index in [0.717, 1.165) is 13.1 Å². The number of hydrogen-bond donors (Lipinski definition) is 1. The van der Waals surface area contributed by atoms with Crippen LogP contribution in [0.2, 0.25) is 0 Å². The number of nitrogens with one attached hydrogen (secondary N) is 1. The minimum atomic E-state index is 0.0167. The van der Waals surface area contributed by atoms with Crippen LogP contribution < -0.4 is 5.32 Å². The molecule has 1 amide bonds. The molecule has 1 rings (SSSR count). The number of carbonyl (C=O) groups excluding carboxylic acids is 1. The SMILES string of the molecule is CCN(CC)C(CNC(=O)CCCl)c1ccccc1. The average Bonchev–Trinajstić information content (AvgIpc) is 2.44. The van der Waals surface area contributed by atoms with E-state index in [2.05, 4.69) is 36.2 Å². The molecule has 3 nitrogen and oxygen atoms in total. The monoisotopic (exact) mass is 282 g/mol. The van der Waals surface area contributed by atoms with E-state index >= 15 is 0 Å². The Morgan fingerprint density at radius 2 is 1.89 bits per heavy atom. The molecule has 1 unspecified atom stereocenters. The van der Waals surface area contributed by atoms with Crippen LogP contribution in [0.4, 0.5) is 0 Å². The first-order valence-corrected chi connectivity index (χ1v) is 7.38. The number of rotatable bonds is 8. The van der Waals surface area contributed by atoms with E-state index in [4.69, 9.17) is 11.6 Å². The maximum Gasteiger partial charge on any atom is 0.221 e. The summed E-state index contributed by atoms with van der Waals surface area (Å²) in [6, 6.07) is 10.5. The number of alkyl halides is 1. The molecule has 1 aromatic rings. The standard InChI is InChI=1S/C15H23ClN2O/c1-3-18(4-2)14(12-17-15(19)10-11-16)13-8-6-5-7-9-13/h5-9,14H,3-4,10-12H2,1-2H3,(H,17,19). The molecule has 0 aliphatic carbocycles. The molecule has 1 atom stereocenters. The highest BCUT2D eigenvalue weighted by atomic mass is 35.5. The van der Waals surface area contributed by atoms with Crippen molar-refractivity contribution in [1.29, 1.82) is 0 Å². The molecule has 106 valence electrons. The van der Waals surface area contributed by atoms with Crippen molar-refractivity contribution >= 4 is 17.5 Å². The summed E-state index contributed by atoms with van der Waals surface area (Å²) in [6.07, 6.45) is 0.376. The van der Waals surface area contributed by atoms with Crippen LogP contribution in [0.5, 0.6) is 0 Å². The minimum Gasteiger partial charge on any atom is -0.354 e. The van der Waals surface area contributed by atoms with Gasteiger partial charge >= 0.3 is 0 Å². The van der Waals surface area contributed by atoms with Gasteiger partial charge in [0.1, 0.15) is 0 Å². The van der Waals surface area contributed by atoms with Gasteiger partial charge < -0.3 is 5.32 Å². The van der Waals surface area contributed by atoms with E-state index in [9.17, 15) is 4.79 Å². The summed E-state index contributed by atoms with van der Waals surface area (Å²) >= 11 is 5.57. The number of benzene rings is 1. The molecule has 0 saturated carbocycles. The largest absolute Gasteiger partial charge is 0.354 e. The molecular formula is C15H23ClN2O. The first-order chi connectivity index (χ1) is 9.22. The molecule has 0 spiro atoms. The molecule has 0 bridgehead atoms. The predicted octanol–water partition coefficient (Wildman–Crippen LogP) is 2.81. The lowest BCUT2D eigenvalue weighted by Gasteiger charge is -2.30. The van der Waals surface area contributed by atoms with Gasteiger partial charge in [-0.3, -0.25) is 9.69 Å². The van der Waals surface area contributed by atoms with Gasteiger partial charge in [-0.25, -0.2) is 0 Å². The van der Waals surface area contributed by atoms with Gasteiger partial charge in [0, 0.05) is 18.8 Å². The molecule has 0 saturated heterocycles. The normalized spacial score (nSPS) is 12.4. The van der Waals surface area contributed by atoms with Crippen molar-refractivity contribution in [1.82, 2.24) is 10.2 Å². The molecule has 19 heavy (non-hydrogen) atoms. The first kappa shape index (κ1) is 16.0. The van der Waals surface area contributed by atoms with E-state index in [0.29, 0.717) is 18.8 Å². The molecule has 0 radical (unpaired) electrons. The van der Waals surface area contributed by atoms with Gasteiger partial charge in [0.05, 0.1) is 6.04 Å². The zero-order chi connectivity index (χ0) is 14.1. The van der Waals surface area contributed by atoms with Gasteiger partial charge in [-0.15, -0.1) is 11.6 Å². The fourth-order valence-corrected chi connectivity index (χ4v) is 2.35. The second-order valence-electron chi connectivity index (χ2n) is 4.39. The summed E-state index contributed by atoms with van der Waals surface area (Å²) in [5.41, 5.74) is 1.23. The first-order valence-electron chi connectivity index (χ1n) is 6.84. The third-order valence-corrected chi connectivity index (χ3v) is 3.44. The van der Waals surface area contributed by atoms with Crippen molar-refractivity contribution in [3.63, 3.8) is 0 Å². The van der Waals surface area contributed by atoms with Gasteiger partial charge in [0.2, 0.25) is 5.91 Å². The van der Waals surface area contributed by atoms with Gasteiger partial charge in [-0.2, -0.15) is 0 Å². The predicted molar refractivity (Wildman–Crippen MR) is 80.5 cm³/mol. The van der Waals surface area contributed by atoms with E-state index in [1.807, 2.05) is 18.2 Å². The number of nitrogens with zero attached hydrogens (tertiary/aromatic N) is 1. The Kier molecular flexibility index (Phi) is 7.53. The lowest BCUT2D eigenvalue weighted by molar-refractivity contribution is -0.120. The van der Waals surface area contributed by atoms with Crippen LogP contribution in [0.1, 0.15) is 31.9 Å². The number of halogens is 1. The third-order valence-electron chi connectivity index (χ3n) is 3.25. The van der Waals surface area contributed by atoms with Crippen LogP contribution in [0, 0.1) is 0 Å². The summed E-state index contributed by atoms with van der Waals surface area (Å²) in [4.78, 5) is 13.9. The topological polar surface area (TPSA) is 32.3 Å². The van der Waals surface area contributed by atoms with Crippen LogP contribution in [0.25, 0.3) is 0 Å². The highest BCUT2D eigenvalue weighted by Gasteiger charge is 2.18. The highest BCUT2D eigenvalue weighted by Crippen LogP contribution is 2.19. The van der Waals surface area contributed by atoms with Crippen molar-refractivity contribution in [3.8, 4) is 0 Å². The third kappa shape index (κ3) is 5.21. The summed E-state index contributed by atoms with van der Waals surface area (Å²) in [5.74, 6) is 0.385. The lowest BCUT2D eigenvalue weighted by atomic mass is 10.1.